The van der Waals surface area contributed by atoms with Gasteiger partial charge in [-0.2, -0.15) is 0 Å². The summed E-state index contributed by atoms with van der Waals surface area (Å²) < 4.78 is 27.5. The molecule has 0 unspecified atom stereocenters. The van der Waals surface area contributed by atoms with Crippen LogP contribution in [0.2, 0.25) is 5.02 Å². The van der Waals surface area contributed by atoms with Gasteiger partial charge in [0.25, 0.3) is 5.56 Å². The third-order valence-electron chi connectivity index (χ3n) is 3.55. The largest absolute Gasteiger partial charge is 0.321 e. The zero-order chi connectivity index (χ0) is 17.2. The van der Waals surface area contributed by atoms with Crippen molar-refractivity contribution in [2.24, 2.45) is 0 Å². The van der Waals surface area contributed by atoms with E-state index in [1.807, 2.05) is 30.3 Å². The molecule has 123 valence electrons. The van der Waals surface area contributed by atoms with E-state index in [0.29, 0.717) is 17.3 Å². The fourth-order valence-electron chi connectivity index (χ4n) is 2.36. The Hall–Kier alpha value is -2.15. The van der Waals surface area contributed by atoms with E-state index in [2.05, 4.69) is 15.8 Å². The van der Waals surface area contributed by atoms with E-state index in [1.54, 1.807) is 0 Å². The fourth-order valence-corrected chi connectivity index (χ4v) is 3.95. The number of pyridine rings is 1. The first kappa shape index (κ1) is 16.7. The van der Waals surface area contributed by atoms with Crippen LogP contribution in [0.4, 0.5) is 0 Å². The highest BCUT2D eigenvalue weighted by molar-refractivity contribution is 7.89. The molecule has 0 atom stereocenters. The van der Waals surface area contributed by atoms with Crippen LogP contribution in [0.1, 0.15) is 5.56 Å². The molecular weight excluding hydrogens is 348 g/mol. The molecule has 2 N–H and O–H groups in total. The summed E-state index contributed by atoms with van der Waals surface area (Å²) in [6.45, 7) is 0.262. The van der Waals surface area contributed by atoms with Gasteiger partial charge in [-0.25, -0.2) is 13.1 Å². The maximum atomic E-state index is 12.5. The normalized spacial score (nSPS) is 11.7. The number of nitrogens with one attached hydrogen (secondary N) is 2. The molecule has 1 radical (unpaired) electrons. The third-order valence-corrected chi connectivity index (χ3v) is 5.47. The molecule has 2 aromatic carbocycles. The molecule has 3 aromatic rings. The second kappa shape index (κ2) is 6.76. The maximum absolute atomic E-state index is 12.5. The summed E-state index contributed by atoms with van der Waals surface area (Å²) >= 11 is 6.08. The Bertz CT molecular complexity index is 1030. The number of halogens is 1. The quantitative estimate of drug-likeness (QED) is 0.732. The van der Waals surface area contributed by atoms with Gasteiger partial charge in [0.05, 0.1) is 11.1 Å². The molecule has 0 saturated heterocycles. The lowest BCUT2D eigenvalue weighted by molar-refractivity contribution is 0.582. The van der Waals surface area contributed by atoms with E-state index in [-0.39, 0.29) is 16.5 Å². The van der Waals surface area contributed by atoms with Gasteiger partial charge in [-0.1, -0.05) is 41.9 Å². The Labute approximate surface area is 144 Å². The Kier molecular flexibility index (Phi) is 4.71. The van der Waals surface area contributed by atoms with E-state index in [0.717, 1.165) is 5.56 Å². The average molecular weight is 362 g/mol. The molecule has 0 fully saturated rings. The monoisotopic (exact) mass is 361 g/mol. The SMILES string of the molecule is O=c1[c]cc2cc(S(=O)(=O)NCCc3ccccc3)c(Cl)cc2[nH]1. The molecule has 0 spiro atoms. The molecule has 3 rings (SSSR count). The summed E-state index contributed by atoms with van der Waals surface area (Å²) in [5.41, 5.74) is 1.11. The zero-order valence-corrected chi connectivity index (χ0v) is 14.1. The zero-order valence-electron chi connectivity index (χ0n) is 12.5. The van der Waals surface area contributed by atoms with Crippen molar-refractivity contribution < 1.29 is 8.42 Å². The molecule has 0 bridgehead atoms. The van der Waals surface area contributed by atoms with Crippen LogP contribution in [0.3, 0.4) is 0 Å². The number of aromatic amines is 1. The predicted molar refractivity (Wildman–Crippen MR) is 93.7 cm³/mol. The number of rotatable bonds is 5. The van der Waals surface area contributed by atoms with Crippen molar-refractivity contribution in [3.8, 4) is 0 Å². The molecule has 1 heterocycles. The van der Waals surface area contributed by atoms with Gasteiger partial charge in [0.1, 0.15) is 4.90 Å². The lowest BCUT2D eigenvalue weighted by Crippen LogP contribution is -2.26. The number of H-pyrrole nitrogens is 1. The van der Waals surface area contributed by atoms with Crippen LogP contribution in [0, 0.1) is 6.07 Å². The lowest BCUT2D eigenvalue weighted by atomic mass is 10.2. The fraction of sp³-hybridized carbons (Fsp3) is 0.118. The van der Waals surface area contributed by atoms with Crippen molar-refractivity contribution in [2.75, 3.05) is 6.54 Å². The minimum Gasteiger partial charge on any atom is -0.321 e. The van der Waals surface area contributed by atoms with Gasteiger partial charge in [0, 0.05) is 17.4 Å². The van der Waals surface area contributed by atoms with E-state index in [1.165, 1.54) is 18.2 Å². The molecule has 0 aliphatic rings. The molecular formula is C17H14ClN2O3S. The van der Waals surface area contributed by atoms with Crippen molar-refractivity contribution in [1.82, 2.24) is 9.71 Å². The van der Waals surface area contributed by atoms with Gasteiger partial charge in [0.15, 0.2) is 0 Å². The summed E-state index contributed by atoms with van der Waals surface area (Å²) in [6, 6.07) is 16.3. The summed E-state index contributed by atoms with van der Waals surface area (Å²) in [5.74, 6) is 0. The van der Waals surface area contributed by atoms with Gasteiger partial charge in [-0.05, 0) is 30.2 Å². The van der Waals surface area contributed by atoms with Crippen molar-refractivity contribution in [2.45, 2.75) is 11.3 Å². The highest BCUT2D eigenvalue weighted by Gasteiger charge is 2.18. The van der Waals surface area contributed by atoms with Gasteiger partial charge < -0.3 is 4.98 Å². The average Bonchev–Trinajstić information content (AvgIpc) is 2.54. The Morgan fingerprint density at radius 3 is 2.67 bits per heavy atom. The predicted octanol–water partition coefficient (Wildman–Crippen LogP) is 2.50. The van der Waals surface area contributed by atoms with E-state index >= 15 is 0 Å². The van der Waals surface area contributed by atoms with Crippen LogP contribution in [0.15, 0.2) is 58.2 Å². The highest BCUT2D eigenvalue weighted by Crippen LogP contribution is 2.25. The molecule has 0 amide bonds. The summed E-state index contributed by atoms with van der Waals surface area (Å²) in [4.78, 5) is 13.8. The van der Waals surface area contributed by atoms with E-state index in [4.69, 9.17) is 11.6 Å². The van der Waals surface area contributed by atoms with Crippen molar-refractivity contribution in [1.29, 1.82) is 0 Å². The minimum atomic E-state index is -3.75. The second-order valence-electron chi connectivity index (χ2n) is 5.25. The molecule has 0 saturated carbocycles. The summed E-state index contributed by atoms with van der Waals surface area (Å²) in [7, 11) is -3.75. The van der Waals surface area contributed by atoms with E-state index in [9.17, 15) is 13.2 Å². The topological polar surface area (TPSA) is 79.0 Å². The first-order chi connectivity index (χ1) is 11.5. The number of fused-ring (bicyclic) bond motifs is 1. The van der Waals surface area contributed by atoms with Crippen LogP contribution < -0.4 is 10.3 Å². The summed E-state index contributed by atoms with van der Waals surface area (Å²) in [5, 5.41) is 0.596. The lowest BCUT2D eigenvalue weighted by Gasteiger charge is -2.10. The molecule has 24 heavy (non-hydrogen) atoms. The van der Waals surface area contributed by atoms with E-state index < -0.39 is 15.6 Å². The van der Waals surface area contributed by atoms with Gasteiger partial charge in [0.2, 0.25) is 10.0 Å². The van der Waals surface area contributed by atoms with Crippen LogP contribution in [-0.2, 0) is 16.4 Å². The van der Waals surface area contributed by atoms with Crippen LogP contribution >= 0.6 is 11.6 Å². The standard InChI is InChI=1S/C17H14ClN2O3S/c18-14-11-15-13(6-7-17(21)20-15)10-16(14)24(22,23)19-9-8-12-4-2-1-3-5-12/h1-6,10-11,19H,8-9H2,(H,20,21). The van der Waals surface area contributed by atoms with Crippen molar-refractivity contribution in [3.63, 3.8) is 0 Å². The molecule has 1 aromatic heterocycles. The van der Waals surface area contributed by atoms with Crippen LogP contribution in [-0.4, -0.2) is 19.9 Å². The summed E-state index contributed by atoms with van der Waals surface area (Å²) in [6.07, 6.45) is 0.576. The van der Waals surface area contributed by atoms with Crippen LogP contribution in [0.5, 0.6) is 0 Å². The molecule has 0 aliphatic carbocycles. The molecule has 5 nitrogen and oxygen atoms in total. The first-order valence-corrected chi connectivity index (χ1v) is 9.10. The number of hydrogen-bond acceptors (Lipinski definition) is 3. The number of benzene rings is 2. The van der Waals surface area contributed by atoms with Gasteiger partial charge in [-0.3, -0.25) is 4.79 Å². The third kappa shape index (κ3) is 3.67. The van der Waals surface area contributed by atoms with Crippen LogP contribution in [0.25, 0.3) is 10.9 Å². The number of sulfonamides is 1. The smallest absolute Gasteiger partial charge is 0.256 e. The Morgan fingerprint density at radius 1 is 1.17 bits per heavy atom. The molecule has 0 aliphatic heterocycles. The highest BCUT2D eigenvalue weighted by atomic mass is 35.5. The van der Waals surface area contributed by atoms with Gasteiger partial charge >= 0.3 is 0 Å². The number of aromatic nitrogens is 1. The number of hydrogen-bond donors (Lipinski definition) is 2. The first-order valence-electron chi connectivity index (χ1n) is 7.23. The second-order valence-corrected chi connectivity index (χ2v) is 7.39. The Balaban J connectivity index is 1.83. The maximum Gasteiger partial charge on any atom is 0.256 e. The Morgan fingerprint density at radius 2 is 1.92 bits per heavy atom. The van der Waals surface area contributed by atoms with Gasteiger partial charge in [-0.15, -0.1) is 0 Å². The molecule has 7 heteroatoms. The van der Waals surface area contributed by atoms with Crippen molar-refractivity contribution in [3.05, 3.63) is 75.5 Å². The van der Waals surface area contributed by atoms with Crippen molar-refractivity contribution >= 4 is 32.5 Å². The minimum absolute atomic E-state index is 0.0230.